The summed E-state index contributed by atoms with van der Waals surface area (Å²) in [6.45, 7) is 4.85. The second kappa shape index (κ2) is 8.55. The molecule has 5 fully saturated rings. The molecule has 7 nitrogen and oxygen atoms in total. The average molecular weight is 433 g/mol. The zero-order chi connectivity index (χ0) is 20.6. The lowest BCUT2D eigenvalue weighted by atomic mass is 9.44. The summed E-state index contributed by atoms with van der Waals surface area (Å²) in [5, 5.41) is 13.4. The van der Waals surface area contributed by atoms with Gasteiger partial charge in [0.05, 0.1) is 11.5 Å². The first kappa shape index (κ1) is 21.7. The van der Waals surface area contributed by atoms with Gasteiger partial charge in [-0.25, -0.2) is 4.39 Å². The molecule has 1 heterocycles. The molecule has 0 aromatic heterocycles. The van der Waals surface area contributed by atoms with Crippen molar-refractivity contribution in [2.45, 2.75) is 106 Å². The number of carbonyl (C=O) groups is 1. The van der Waals surface area contributed by atoms with Crippen LogP contribution in [0.4, 0.5) is 4.39 Å². The molecule has 2 bridgehead atoms. The minimum Gasteiger partial charge on any atom is -0.368 e. The summed E-state index contributed by atoms with van der Waals surface area (Å²) in [7, 11) is 0. The van der Waals surface area contributed by atoms with Gasteiger partial charge in [-0.1, -0.05) is 0 Å². The highest BCUT2D eigenvalue weighted by molar-refractivity contribution is 6.21. The van der Waals surface area contributed by atoms with Crippen LogP contribution in [0.15, 0.2) is 0 Å². The van der Waals surface area contributed by atoms with Gasteiger partial charge < -0.3 is 14.8 Å². The molecule has 9 heteroatoms. The summed E-state index contributed by atoms with van der Waals surface area (Å²) in [5.74, 6) is -0.111. The number of hydrogen-bond acceptors (Lipinski definition) is 6. The first-order chi connectivity index (χ1) is 13.8. The van der Waals surface area contributed by atoms with E-state index in [0.29, 0.717) is 25.5 Å². The van der Waals surface area contributed by atoms with Crippen molar-refractivity contribution in [1.29, 1.82) is 0 Å². The van der Waals surface area contributed by atoms with Crippen molar-refractivity contribution in [3.8, 4) is 0 Å². The zero-order valence-corrected chi connectivity index (χ0v) is 18.1. The molecular formula is C20H34ClFN4O3. The van der Waals surface area contributed by atoms with Gasteiger partial charge in [-0.05, 0) is 46.0 Å². The van der Waals surface area contributed by atoms with Gasteiger partial charge in [-0.3, -0.25) is 20.7 Å². The van der Waals surface area contributed by atoms with E-state index < -0.39 is 11.5 Å². The number of rotatable bonds is 8. The number of carbonyl (C=O) groups excluding carboxylic acids is 1. The van der Waals surface area contributed by atoms with Crippen LogP contribution in [0.25, 0.3) is 0 Å². The fourth-order valence-corrected chi connectivity index (χ4v) is 5.70. The van der Waals surface area contributed by atoms with Gasteiger partial charge in [0.15, 0.2) is 0 Å². The first-order valence-corrected chi connectivity index (χ1v) is 11.4. The van der Waals surface area contributed by atoms with E-state index in [1.54, 1.807) is 0 Å². The minimum absolute atomic E-state index is 0.00813. The van der Waals surface area contributed by atoms with Crippen molar-refractivity contribution in [1.82, 2.24) is 21.3 Å². The molecule has 4 aliphatic carbocycles. The highest BCUT2D eigenvalue weighted by Gasteiger charge is 2.69. The van der Waals surface area contributed by atoms with E-state index in [4.69, 9.17) is 21.1 Å². The summed E-state index contributed by atoms with van der Waals surface area (Å²) in [6.07, 6.45) is 4.10. The molecule has 166 valence electrons. The highest BCUT2D eigenvalue weighted by Crippen LogP contribution is 2.60. The van der Waals surface area contributed by atoms with E-state index in [9.17, 15) is 9.18 Å². The number of alkyl halides is 2. The number of ether oxygens (including phenoxy) is 2. The van der Waals surface area contributed by atoms with E-state index >= 15 is 0 Å². The normalized spacial score (nSPS) is 46.5. The standard InChI is InChI=1S/C20H34ClFN4O3/c1-3-28-17-6-12(2)23-18(24-17)26-20-9-19(10-20,11-20)25-16(27)8-29-13-4-5-14(21)15(22)7-13/h12-15,17-18,23-24,26H,3-11H2,1-2H3,(H,25,27). The van der Waals surface area contributed by atoms with Crippen LogP contribution in [0.1, 0.15) is 58.8 Å². The SMILES string of the molecule is CCOC1CC(C)NC(NC23CC(NC(=O)COC4CCC(Cl)C(F)C4)(C2)C3)N1. The fourth-order valence-electron chi connectivity index (χ4n) is 5.48. The molecule has 0 aromatic carbocycles. The van der Waals surface area contributed by atoms with Crippen LogP contribution in [-0.2, 0) is 14.3 Å². The lowest BCUT2D eigenvalue weighted by molar-refractivity contribution is -0.152. The smallest absolute Gasteiger partial charge is 0.246 e. The topological polar surface area (TPSA) is 83.7 Å². The molecular weight excluding hydrogens is 399 g/mol. The van der Waals surface area contributed by atoms with E-state index in [-0.39, 0.29) is 48.6 Å². The summed E-state index contributed by atoms with van der Waals surface area (Å²) < 4.78 is 25.0. The summed E-state index contributed by atoms with van der Waals surface area (Å²) >= 11 is 5.90. The molecule has 6 unspecified atom stereocenters. The molecule has 6 atom stereocenters. The van der Waals surface area contributed by atoms with Crippen LogP contribution in [0.5, 0.6) is 0 Å². The Morgan fingerprint density at radius 3 is 2.62 bits per heavy atom. The Morgan fingerprint density at radius 2 is 1.93 bits per heavy atom. The van der Waals surface area contributed by atoms with Crippen LogP contribution < -0.4 is 21.3 Å². The predicted molar refractivity (Wildman–Crippen MR) is 108 cm³/mol. The molecule has 0 radical (unpaired) electrons. The second-order valence-corrected chi connectivity index (χ2v) is 9.97. The van der Waals surface area contributed by atoms with Crippen LogP contribution in [0, 0.1) is 0 Å². The zero-order valence-electron chi connectivity index (χ0n) is 17.3. The van der Waals surface area contributed by atoms with Crippen molar-refractivity contribution in [2.75, 3.05) is 13.2 Å². The molecule has 0 spiro atoms. The van der Waals surface area contributed by atoms with E-state index in [0.717, 1.165) is 25.7 Å². The van der Waals surface area contributed by atoms with Crippen LogP contribution in [-0.4, -0.2) is 66.4 Å². The Balaban J connectivity index is 1.16. The van der Waals surface area contributed by atoms with Gasteiger partial charge in [-0.15, -0.1) is 11.6 Å². The first-order valence-electron chi connectivity index (χ1n) is 10.9. The van der Waals surface area contributed by atoms with E-state index in [2.05, 4.69) is 28.2 Å². The van der Waals surface area contributed by atoms with Crippen LogP contribution >= 0.6 is 11.6 Å². The quantitative estimate of drug-likeness (QED) is 0.435. The molecule has 5 aliphatic rings. The summed E-state index contributed by atoms with van der Waals surface area (Å²) in [4.78, 5) is 12.3. The maximum Gasteiger partial charge on any atom is 0.246 e. The average Bonchev–Trinajstić information content (AvgIpc) is 2.60. The van der Waals surface area contributed by atoms with Crippen molar-refractivity contribution in [3.63, 3.8) is 0 Å². The number of halogens is 2. The predicted octanol–water partition coefficient (Wildman–Crippen LogP) is 1.50. The van der Waals surface area contributed by atoms with Gasteiger partial charge >= 0.3 is 0 Å². The Bertz CT molecular complexity index is 593. The maximum atomic E-state index is 13.7. The van der Waals surface area contributed by atoms with Crippen LogP contribution in [0.3, 0.4) is 0 Å². The van der Waals surface area contributed by atoms with Gasteiger partial charge in [0.25, 0.3) is 0 Å². The molecule has 0 aromatic rings. The van der Waals surface area contributed by atoms with Gasteiger partial charge in [0.1, 0.15) is 25.3 Å². The molecule has 1 saturated heterocycles. The fraction of sp³-hybridized carbons (Fsp3) is 0.950. The third-order valence-corrected chi connectivity index (χ3v) is 7.21. The van der Waals surface area contributed by atoms with E-state index in [1.807, 2.05) is 6.92 Å². The molecule has 4 N–H and O–H groups in total. The Hall–Kier alpha value is -0.510. The Labute approximate surface area is 177 Å². The molecule has 1 amide bonds. The second-order valence-electron chi connectivity index (χ2n) is 9.41. The number of hydrogen-bond donors (Lipinski definition) is 4. The van der Waals surface area contributed by atoms with Crippen molar-refractivity contribution in [2.24, 2.45) is 0 Å². The molecule has 29 heavy (non-hydrogen) atoms. The Kier molecular flexibility index (Phi) is 6.40. The van der Waals surface area contributed by atoms with Gasteiger partial charge in [0, 0.05) is 36.6 Å². The van der Waals surface area contributed by atoms with Crippen molar-refractivity contribution < 1.29 is 18.7 Å². The van der Waals surface area contributed by atoms with Crippen molar-refractivity contribution >= 4 is 17.5 Å². The Morgan fingerprint density at radius 1 is 1.17 bits per heavy atom. The lowest BCUT2D eigenvalue weighted by Crippen LogP contribution is -2.86. The number of nitrogens with one attached hydrogen (secondary N) is 4. The summed E-state index contributed by atoms with van der Waals surface area (Å²) in [6, 6.07) is 0.376. The van der Waals surface area contributed by atoms with Crippen molar-refractivity contribution in [3.05, 3.63) is 0 Å². The van der Waals surface area contributed by atoms with Gasteiger partial charge in [0.2, 0.25) is 5.91 Å². The molecule has 1 aliphatic heterocycles. The maximum absolute atomic E-state index is 13.7. The van der Waals surface area contributed by atoms with E-state index in [1.165, 1.54) is 0 Å². The molecule has 4 saturated carbocycles. The summed E-state index contributed by atoms with van der Waals surface area (Å²) in [5.41, 5.74) is -0.0315. The van der Waals surface area contributed by atoms with Gasteiger partial charge in [-0.2, -0.15) is 0 Å². The molecule has 5 rings (SSSR count). The third kappa shape index (κ3) is 4.88. The number of amides is 1. The minimum atomic E-state index is -1.05. The largest absolute Gasteiger partial charge is 0.368 e. The lowest BCUT2D eigenvalue weighted by Gasteiger charge is -2.71. The third-order valence-electron chi connectivity index (χ3n) is 6.72. The monoisotopic (exact) mass is 432 g/mol. The van der Waals surface area contributed by atoms with Crippen LogP contribution in [0.2, 0.25) is 0 Å². The highest BCUT2D eigenvalue weighted by atomic mass is 35.5.